The number of aliphatic hydroxyl groups excluding tert-OH is 1. The van der Waals surface area contributed by atoms with Crippen LogP contribution in [0.15, 0.2) is 18.2 Å². The number of nitro benzene ring substituents is 1. The molecule has 0 heterocycles. The summed E-state index contributed by atoms with van der Waals surface area (Å²) in [5.41, 5.74) is -0.447. The summed E-state index contributed by atoms with van der Waals surface area (Å²) in [5, 5.41) is 27.8. The maximum absolute atomic E-state index is 10.6. The first kappa shape index (κ1) is 11.9. The third-order valence-electron chi connectivity index (χ3n) is 1.75. The molecule has 0 bridgehead atoms. The van der Waals surface area contributed by atoms with Gasteiger partial charge in [0, 0.05) is 12.1 Å². The number of rotatable bonds is 5. The molecule has 0 radical (unpaired) electrons. The van der Waals surface area contributed by atoms with Gasteiger partial charge in [-0.25, -0.2) is 4.79 Å². The number of carboxylic acid groups (broad SMARTS) is 1. The molecule has 0 aliphatic rings. The highest BCUT2D eigenvalue weighted by molar-refractivity contribution is 5.88. The van der Waals surface area contributed by atoms with Crippen LogP contribution in [-0.4, -0.2) is 34.3 Å². The lowest BCUT2D eigenvalue weighted by Gasteiger charge is -2.05. The smallest absolute Gasteiger partial charge is 0.335 e. The van der Waals surface area contributed by atoms with E-state index in [1.807, 2.05) is 0 Å². The van der Waals surface area contributed by atoms with Crippen molar-refractivity contribution in [3.8, 4) is 5.75 Å². The van der Waals surface area contributed by atoms with Crippen molar-refractivity contribution in [1.82, 2.24) is 0 Å². The van der Waals surface area contributed by atoms with Crippen LogP contribution in [0.1, 0.15) is 10.4 Å². The van der Waals surface area contributed by atoms with Crippen LogP contribution in [-0.2, 0) is 0 Å². The molecule has 0 amide bonds. The molecule has 86 valence electrons. The first-order valence-electron chi connectivity index (χ1n) is 4.31. The van der Waals surface area contributed by atoms with Gasteiger partial charge in [-0.1, -0.05) is 0 Å². The van der Waals surface area contributed by atoms with Gasteiger partial charge < -0.3 is 14.9 Å². The predicted octanol–water partition coefficient (Wildman–Crippen LogP) is 0.664. The first-order valence-corrected chi connectivity index (χ1v) is 4.31. The highest BCUT2D eigenvalue weighted by Gasteiger charge is 2.17. The predicted molar refractivity (Wildman–Crippen MR) is 52.6 cm³/mol. The van der Waals surface area contributed by atoms with Crippen molar-refractivity contribution < 1.29 is 24.7 Å². The van der Waals surface area contributed by atoms with Crippen LogP contribution < -0.4 is 4.74 Å². The van der Waals surface area contributed by atoms with Gasteiger partial charge in [0.2, 0.25) is 0 Å². The number of benzene rings is 1. The second kappa shape index (κ2) is 5.08. The number of carbonyl (C=O) groups is 1. The van der Waals surface area contributed by atoms with Gasteiger partial charge in [-0.05, 0) is 6.07 Å². The Morgan fingerprint density at radius 1 is 1.50 bits per heavy atom. The van der Waals surface area contributed by atoms with Gasteiger partial charge in [0.25, 0.3) is 0 Å². The maximum atomic E-state index is 10.6. The van der Waals surface area contributed by atoms with Gasteiger partial charge >= 0.3 is 11.7 Å². The fourth-order valence-electron chi connectivity index (χ4n) is 1.07. The van der Waals surface area contributed by atoms with E-state index in [1.54, 1.807) is 0 Å². The standard InChI is InChI=1S/C9H9NO6/c11-3-4-16-8-5-6(9(12)13)1-2-7(8)10(14)15/h1-2,5,11H,3-4H2,(H,12,13). The van der Waals surface area contributed by atoms with Crippen molar-refractivity contribution in [3.63, 3.8) is 0 Å². The summed E-state index contributed by atoms with van der Waals surface area (Å²) in [5.74, 6) is -1.37. The summed E-state index contributed by atoms with van der Waals surface area (Å²) in [7, 11) is 0. The fraction of sp³-hybridized carbons (Fsp3) is 0.222. The lowest BCUT2D eigenvalue weighted by Crippen LogP contribution is -2.05. The largest absolute Gasteiger partial charge is 0.484 e. The van der Waals surface area contributed by atoms with Crippen molar-refractivity contribution in [2.75, 3.05) is 13.2 Å². The zero-order chi connectivity index (χ0) is 12.1. The highest BCUT2D eigenvalue weighted by atomic mass is 16.6. The topological polar surface area (TPSA) is 110 Å². The number of hydrogen-bond donors (Lipinski definition) is 2. The Bertz CT molecular complexity index is 416. The van der Waals surface area contributed by atoms with Crippen LogP contribution in [0.4, 0.5) is 5.69 Å². The van der Waals surface area contributed by atoms with Gasteiger partial charge in [0.15, 0.2) is 5.75 Å². The summed E-state index contributed by atoms with van der Waals surface area (Å²) in [6.07, 6.45) is 0. The molecule has 0 fully saturated rings. The monoisotopic (exact) mass is 227 g/mol. The molecule has 0 spiro atoms. The van der Waals surface area contributed by atoms with Crippen LogP contribution in [0.5, 0.6) is 5.75 Å². The maximum Gasteiger partial charge on any atom is 0.335 e. The van der Waals surface area contributed by atoms with E-state index < -0.39 is 10.9 Å². The number of nitrogens with zero attached hydrogens (tertiary/aromatic N) is 1. The van der Waals surface area contributed by atoms with Crippen molar-refractivity contribution in [2.24, 2.45) is 0 Å². The summed E-state index contributed by atoms with van der Waals surface area (Å²) in [4.78, 5) is 20.5. The van der Waals surface area contributed by atoms with Crippen molar-refractivity contribution in [3.05, 3.63) is 33.9 Å². The summed E-state index contributed by atoms with van der Waals surface area (Å²) >= 11 is 0. The molecule has 7 heteroatoms. The van der Waals surface area contributed by atoms with Crippen LogP contribution in [0.2, 0.25) is 0 Å². The van der Waals surface area contributed by atoms with E-state index in [9.17, 15) is 14.9 Å². The molecule has 1 aromatic carbocycles. The van der Waals surface area contributed by atoms with Crippen LogP contribution in [0.25, 0.3) is 0 Å². The Hall–Kier alpha value is -2.15. The second-order valence-electron chi connectivity index (χ2n) is 2.82. The van der Waals surface area contributed by atoms with Gasteiger partial charge in [0.1, 0.15) is 6.61 Å². The quantitative estimate of drug-likeness (QED) is 0.564. The van der Waals surface area contributed by atoms with Gasteiger partial charge in [-0.15, -0.1) is 0 Å². The lowest BCUT2D eigenvalue weighted by molar-refractivity contribution is -0.385. The molecule has 0 atom stereocenters. The highest BCUT2D eigenvalue weighted by Crippen LogP contribution is 2.27. The van der Waals surface area contributed by atoms with Crippen LogP contribution in [0, 0.1) is 10.1 Å². The van der Waals surface area contributed by atoms with Crippen molar-refractivity contribution in [1.29, 1.82) is 0 Å². The Morgan fingerprint density at radius 3 is 2.69 bits per heavy atom. The average molecular weight is 227 g/mol. The Morgan fingerprint density at radius 2 is 2.19 bits per heavy atom. The molecule has 0 aliphatic carbocycles. The molecule has 0 saturated heterocycles. The van der Waals surface area contributed by atoms with Gasteiger partial charge in [-0.3, -0.25) is 10.1 Å². The summed E-state index contributed by atoms with van der Waals surface area (Å²) in [6.45, 7) is -0.446. The Kier molecular flexibility index (Phi) is 3.78. The second-order valence-corrected chi connectivity index (χ2v) is 2.82. The van der Waals surface area contributed by atoms with E-state index >= 15 is 0 Å². The molecular weight excluding hydrogens is 218 g/mol. The number of ether oxygens (including phenoxy) is 1. The summed E-state index contributed by atoms with van der Waals surface area (Å²) in [6, 6.07) is 3.22. The fourth-order valence-corrected chi connectivity index (χ4v) is 1.07. The molecule has 1 rings (SSSR count). The first-order chi connectivity index (χ1) is 7.56. The third kappa shape index (κ3) is 2.67. The van der Waals surface area contributed by atoms with Gasteiger partial charge in [0.05, 0.1) is 17.1 Å². The van der Waals surface area contributed by atoms with Crippen molar-refractivity contribution in [2.45, 2.75) is 0 Å². The number of carboxylic acids is 1. The van der Waals surface area contributed by atoms with E-state index in [0.717, 1.165) is 18.2 Å². The lowest BCUT2D eigenvalue weighted by atomic mass is 10.2. The number of nitro groups is 1. The molecular formula is C9H9NO6. The molecule has 2 N–H and O–H groups in total. The SMILES string of the molecule is O=C(O)c1ccc([N+](=O)[O-])c(OCCO)c1. The van der Waals surface area contributed by atoms with Crippen LogP contribution in [0.3, 0.4) is 0 Å². The average Bonchev–Trinajstić information content (AvgIpc) is 2.25. The minimum Gasteiger partial charge on any atom is -0.484 e. The molecule has 1 aromatic rings. The van der Waals surface area contributed by atoms with E-state index in [4.69, 9.17) is 14.9 Å². The zero-order valence-corrected chi connectivity index (χ0v) is 8.12. The third-order valence-corrected chi connectivity index (χ3v) is 1.75. The van der Waals surface area contributed by atoms with Crippen molar-refractivity contribution >= 4 is 11.7 Å². The number of aliphatic hydroxyl groups is 1. The molecule has 0 saturated carbocycles. The zero-order valence-electron chi connectivity index (χ0n) is 8.12. The van der Waals surface area contributed by atoms with E-state index in [0.29, 0.717) is 0 Å². The molecule has 0 unspecified atom stereocenters. The molecule has 0 aliphatic heterocycles. The van der Waals surface area contributed by atoms with E-state index in [1.165, 1.54) is 0 Å². The van der Waals surface area contributed by atoms with E-state index in [-0.39, 0.29) is 30.2 Å². The molecule has 0 aromatic heterocycles. The number of hydrogen-bond acceptors (Lipinski definition) is 5. The van der Waals surface area contributed by atoms with E-state index in [2.05, 4.69) is 0 Å². The summed E-state index contributed by atoms with van der Waals surface area (Å²) < 4.78 is 4.88. The minimum atomic E-state index is -1.20. The number of aromatic carboxylic acids is 1. The van der Waals surface area contributed by atoms with Crippen LogP contribution >= 0.6 is 0 Å². The normalized spacial score (nSPS) is 9.81. The minimum absolute atomic E-state index is 0.112. The molecule has 16 heavy (non-hydrogen) atoms. The van der Waals surface area contributed by atoms with Gasteiger partial charge in [-0.2, -0.15) is 0 Å². The Labute approximate surface area is 90.0 Å². The molecule has 7 nitrogen and oxygen atoms in total. The Balaban J connectivity index is 3.10.